The molecule has 1 nitrogen and oxygen atoms in total. The summed E-state index contributed by atoms with van der Waals surface area (Å²) in [6.07, 6.45) is 1.33. The van der Waals surface area contributed by atoms with Gasteiger partial charge in [-0.3, -0.25) is 4.57 Å². The van der Waals surface area contributed by atoms with Crippen LogP contribution in [0.1, 0.15) is 6.55 Å². The standard InChI is InChI=1S/C9H6ClF2N/c10-7-3-1-2-6-4-5-13(8(6)7)9(11)12/h1-5,9H. The number of fused-ring (bicyclic) bond motifs is 1. The molecule has 0 spiro atoms. The highest BCUT2D eigenvalue weighted by molar-refractivity contribution is 6.35. The molecular formula is C9H6ClF2N. The average molecular weight is 202 g/mol. The van der Waals surface area contributed by atoms with Gasteiger partial charge in [0.2, 0.25) is 0 Å². The first kappa shape index (κ1) is 8.51. The Morgan fingerprint density at radius 2 is 2.00 bits per heavy atom. The number of aromatic nitrogens is 1. The maximum Gasteiger partial charge on any atom is 0.319 e. The minimum Gasteiger partial charge on any atom is -0.290 e. The monoisotopic (exact) mass is 201 g/mol. The van der Waals surface area contributed by atoms with E-state index in [0.717, 1.165) is 9.95 Å². The van der Waals surface area contributed by atoms with E-state index in [2.05, 4.69) is 0 Å². The number of alkyl halides is 2. The van der Waals surface area contributed by atoms with E-state index in [1.54, 1.807) is 24.3 Å². The van der Waals surface area contributed by atoms with Gasteiger partial charge in [0.05, 0.1) is 10.5 Å². The molecule has 1 aromatic heterocycles. The van der Waals surface area contributed by atoms with Crippen molar-refractivity contribution in [3.8, 4) is 0 Å². The molecule has 0 atom stereocenters. The summed E-state index contributed by atoms with van der Waals surface area (Å²) in [6.45, 7) is -2.54. The number of benzene rings is 1. The second-order valence-corrected chi connectivity index (χ2v) is 3.09. The smallest absolute Gasteiger partial charge is 0.290 e. The molecule has 0 aliphatic heterocycles. The van der Waals surface area contributed by atoms with Crippen molar-refractivity contribution in [3.63, 3.8) is 0 Å². The fraction of sp³-hybridized carbons (Fsp3) is 0.111. The van der Waals surface area contributed by atoms with Gasteiger partial charge in [-0.05, 0) is 12.1 Å². The lowest BCUT2D eigenvalue weighted by atomic mass is 10.2. The molecule has 2 rings (SSSR count). The SMILES string of the molecule is FC(F)n1ccc2cccc(Cl)c21. The molecule has 0 radical (unpaired) electrons. The summed E-state index contributed by atoms with van der Waals surface area (Å²) in [5.74, 6) is 0. The van der Waals surface area contributed by atoms with Crippen LogP contribution in [0.25, 0.3) is 10.9 Å². The van der Waals surface area contributed by atoms with Crippen LogP contribution >= 0.6 is 11.6 Å². The normalized spacial score (nSPS) is 11.4. The van der Waals surface area contributed by atoms with Crippen molar-refractivity contribution >= 4 is 22.5 Å². The molecule has 0 aliphatic rings. The van der Waals surface area contributed by atoms with E-state index in [4.69, 9.17) is 11.6 Å². The third kappa shape index (κ3) is 1.29. The second-order valence-electron chi connectivity index (χ2n) is 2.68. The van der Waals surface area contributed by atoms with E-state index in [1.165, 1.54) is 6.20 Å². The van der Waals surface area contributed by atoms with Gasteiger partial charge in [0, 0.05) is 11.6 Å². The zero-order chi connectivity index (χ0) is 9.42. The van der Waals surface area contributed by atoms with Gasteiger partial charge in [-0.25, -0.2) is 0 Å². The van der Waals surface area contributed by atoms with Gasteiger partial charge in [0.25, 0.3) is 0 Å². The van der Waals surface area contributed by atoms with E-state index < -0.39 is 6.55 Å². The van der Waals surface area contributed by atoms with E-state index in [0.29, 0.717) is 10.5 Å². The van der Waals surface area contributed by atoms with Crippen molar-refractivity contribution in [2.45, 2.75) is 6.55 Å². The minimum atomic E-state index is -2.54. The van der Waals surface area contributed by atoms with Gasteiger partial charge in [0.1, 0.15) is 0 Å². The first-order chi connectivity index (χ1) is 6.20. The molecule has 0 saturated heterocycles. The van der Waals surface area contributed by atoms with Crippen molar-refractivity contribution in [1.29, 1.82) is 0 Å². The Bertz CT molecular complexity index is 436. The topological polar surface area (TPSA) is 4.93 Å². The molecule has 0 aliphatic carbocycles. The Balaban J connectivity index is 2.79. The lowest BCUT2D eigenvalue weighted by molar-refractivity contribution is 0.0752. The van der Waals surface area contributed by atoms with Crippen molar-refractivity contribution in [1.82, 2.24) is 4.57 Å². The van der Waals surface area contributed by atoms with Gasteiger partial charge >= 0.3 is 6.55 Å². The highest BCUT2D eigenvalue weighted by Crippen LogP contribution is 2.27. The van der Waals surface area contributed by atoms with Crippen LogP contribution in [0.2, 0.25) is 5.02 Å². The second kappa shape index (κ2) is 3.00. The maximum atomic E-state index is 12.4. The van der Waals surface area contributed by atoms with Crippen LogP contribution in [-0.2, 0) is 0 Å². The summed E-state index contributed by atoms with van der Waals surface area (Å²) in [4.78, 5) is 0. The number of hydrogen-bond donors (Lipinski definition) is 0. The molecule has 0 saturated carbocycles. The third-order valence-electron chi connectivity index (χ3n) is 1.90. The van der Waals surface area contributed by atoms with Crippen molar-refractivity contribution < 1.29 is 8.78 Å². The first-order valence-corrected chi connectivity index (χ1v) is 4.11. The molecule has 0 amide bonds. The Kier molecular flexibility index (Phi) is 1.96. The number of para-hydroxylation sites is 1. The molecule has 0 unspecified atom stereocenters. The molecule has 1 aromatic carbocycles. The molecule has 13 heavy (non-hydrogen) atoms. The van der Waals surface area contributed by atoms with E-state index >= 15 is 0 Å². The zero-order valence-electron chi connectivity index (χ0n) is 6.55. The number of nitrogens with zero attached hydrogens (tertiary/aromatic N) is 1. The predicted molar refractivity (Wildman–Crippen MR) is 48.2 cm³/mol. The van der Waals surface area contributed by atoms with Crippen LogP contribution in [0, 0.1) is 0 Å². The van der Waals surface area contributed by atoms with Crippen LogP contribution in [0.15, 0.2) is 30.5 Å². The van der Waals surface area contributed by atoms with E-state index in [9.17, 15) is 8.78 Å². The summed E-state index contributed by atoms with van der Waals surface area (Å²) in [6, 6.07) is 6.71. The largest absolute Gasteiger partial charge is 0.319 e. The Morgan fingerprint density at radius 3 is 2.69 bits per heavy atom. The van der Waals surface area contributed by atoms with Gasteiger partial charge in [0.15, 0.2) is 0 Å². The summed E-state index contributed by atoms with van der Waals surface area (Å²) in [5, 5.41) is 1.08. The number of rotatable bonds is 1. The fourth-order valence-electron chi connectivity index (χ4n) is 1.34. The molecule has 0 fully saturated rings. The first-order valence-electron chi connectivity index (χ1n) is 3.73. The van der Waals surface area contributed by atoms with Gasteiger partial charge in [-0.15, -0.1) is 0 Å². The van der Waals surface area contributed by atoms with Crippen molar-refractivity contribution in [3.05, 3.63) is 35.5 Å². The van der Waals surface area contributed by atoms with Crippen LogP contribution in [0.4, 0.5) is 8.78 Å². The van der Waals surface area contributed by atoms with Crippen LogP contribution in [-0.4, -0.2) is 4.57 Å². The Labute approximate surface area is 78.5 Å². The number of hydrogen-bond acceptors (Lipinski definition) is 0. The summed E-state index contributed by atoms with van der Waals surface area (Å²) in [5.41, 5.74) is 0.388. The van der Waals surface area contributed by atoms with Gasteiger partial charge < -0.3 is 0 Å². The molecule has 1 heterocycles. The quantitative estimate of drug-likeness (QED) is 0.663. The van der Waals surface area contributed by atoms with E-state index in [1.807, 2.05) is 0 Å². The highest BCUT2D eigenvalue weighted by atomic mass is 35.5. The zero-order valence-corrected chi connectivity index (χ0v) is 7.30. The lowest BCUT2D eigenvalue weighted by Crippen LogP contribution is -1.95. The van der Waals surface area contributed by atoms with Crippen molar-refractivity contribution in [2.75, 3.05) is 0 Å². The van der Waals surface area contributed by atoms with Gasteiger partial charge in [-0.1, -0.05) is 23.7 Å². The molecule has 2 aromatic rings. The molecule has 4 heteroatoms. The molecular weight excluding hydrogens is 196 g/mol. The van der Waals surface area contributed by atoms with Crippen molar-refractivity contribution in [2.24, 2.45) is 0 Å². The number of halogens is 3. The Morgan fingerprint density at radius 1 is 1.23 bits per heavy atom. The highest BCUT2D eigenvalue weighted by Gasteiger charge is 2.11. The molecule has 0 N–H and O–H groups in total. The third-order valence-corrected chi connectivity index (χ3v) is 2.21. The predicted octanol–water partition coefficient (Wildman–Crippen LogP) is 3.69. The lowest BCUT2D eigenvalue weighted by Gasteiger charge is -2.03. The molecule has 68 valence electrons. The van der Waals surface area contributed by atoms with Gasteiger partial charge in [-0.2, -0.15) is 8.78 Å². The van der Waals surface area contributed by atoms with Crippen LogP contribution < -0.4 is 0 Å². The minimum absolute atomic E-state index is 0.350. The van der Waals surface area contributed by atoms with Crippen LogP contribution in [0.5, 0.6) is 0 Å². The fourth-order valence-corrected chi connectivity index (χ4v) is 1.62. The summed E-state index contributed by atoms with van der Waals surface area (Å²) >= 11 is 5.79. The summed E-state index contributed by atoms with van der Waals surface area (Å²) < 4.78 is 25.7. The van der Waals surface area contributed by atoms with E-state index in [-0.39, 0.29) is 0 Å². The summed E-state index contributed by atoms with van der Waals surface area (Å²) in [7, 11) is 0. The molecule has 0 bridgehead atoms. The Hall–Kier alpha value is -1.09. The average Bonchev–Trinajstić information content (AvgIpc) is 2.49. The maximum absolute atomic E-state index is 12.4. The van der Waals surface area contributed by atoms with Crippen LogP contribution in [0.3, 0.4) is 0 Å².